The molecule has 0 aliphatic carbocycles. The lowest BCUT2D eigenvalue weighted by Crippen LogP contribution is -2.14. The van der Waals surface area contributed by atoms with Crippen molar-refractivity contribution in [3.05, 3.63) is 35.4 Å². The summed E-state index contributed by atoms with van der Waals surface area (Å²) in [6.07, 6.45) is 2.70. The second kappa shape index (κ2) is 6.92. The van der Waals surface area contributed by atoms with Gasteiger partial charge in [-0.1, -0.05) is 23.1 Å². The van der Waals surface area contributed by atoms with Crippen molar-refractivity contribution in [2.24, 2.45) is 14.1 Å². The summed E-state index contributed by atoms with van der Waals surface area (Å²) < 4.78 is 3.97. The summed E-state index contributed by atoms with van der Waals surface area (Å²) in [5.74, 6) is 0.966. The highest BCUT2D eigenvalue weighted by Crippen LogP contribution is 2.18. The SMILES string of the molecule is Cn1cccc1Cc1nnc(SCC(=O)Nc2nncs2)n1C. The second-order valence-corrected chi connectivity index (χ2v) is 6.60. The maximum absolute atomic E-state index is 11.8. The fraction of sp³-hybridized carbons (Fsp3) is 0.308. The van der Waals surface area contributed by atoms with Gasteiger partial charge in [-0.25, -0.2) is 0 Å². The Morgan fingerprint density at radius 3 is 2.91 bits per heavy atom. The van der Waals surface area contributed by atoms with Crippen molar-refractivity contribution in [3.8, 4) is 0 Å². The Balaban J connectivity index is 1.59. The van der Waals surface area contributed by atoms with Gasteiger partial charge in [-0.15, -0.1) is 20.4 Å². The molecule has 120 valence electrons. The largest absolute Gasteiger partial charge is 0.354 e. The van der Waals surface area contributed by atoms with Gasteiger partial charge in [0.05, 0.1) is 5.75 Å². The lowest BCUT2D eigenvalue weighted by molar-refractivity contribution is -0.113. The quantitative estimate of drug-likeness (QED) is 0.675. The molecule has 0 bridgehead atoms. The van der Waals surface area contributed by atoms with Crippen LogP contribution in [-0.2, 0) is 25.3 Å². The summed E-state index contributed by atoms with van der Waals surface area (Å²) in [6, 6.07) is 4.05. The van der Waals surface area contributed by atoms with Crippen molar-refractivity contribution < 1.29 is 4.79 Å². The van der Waals surface area contributed by atoms with Gasteiger partial charge < -0.3 is 9.13 Å². The van der Waals surface area contributed by atoms with Crippen LogP contribution in [0, 0.1) is 0 Å². The van der Waals surface area contributed by atoms with Crippen molar-refractivity contribution in [1.29, 1.82) is 0 Å². The van der Waals surface area contributed by atoms with Gasteiger partial charge in [0, 0.05) is 32.4 Å². The van der Waals surface area contributed by atoms with E-state index in [-0.39, 0.29) is 11.7 Å². The van der Waals surface area contributed by atoms with Crippen molar-refractivity contribution in [2.75, 3.05) is 11.1 Å². The summed E-state index contributed by atoms with van der Waals surface area (Å²) in [4.78, 5) is 11.8. The Hall–Kier alpha value is -2.20. The summed E-state index contributed by atoms with van der Waals surface area (Å²) in [6.45, 7) is 0. The number of nitrogens with one attached hydrogen (secondary N) is 1. The predicted octanol–water partition coefficient (Wildman–Crippen LogP) is 1.33. The number of carbonyl (C=O) groups excluding carboxylic acids is 1. The third-order valence-corrected chi connectivity index (χ3v) is 4.88. The van der Waals surface area contributed by atoms with Crippen LogP contribution in [0.4, 0.5) is 5.13 Å². The Morgan fingerprint density at radius 1 is 1.35 bits per heavy atom. The van der Waals surface area contributed by atoms with Gasteiger partial charge in [0.25, 0.3) is 0 Å². The molecule has 0 aromatic carbocycles. The van der Waals surface area contributed by atoms with E-state index in [1.54, 1.807) is 5.51 Å². The minimum Gasteiger partial charge on any atom is -0.354 e. The van der Waals surface area contributed by atoms with Gasteiger partial charge in [0.1, 0.15) is 11.3 Å². The molecule has 0 unspecified atom stereocenters. The number of aromatic nitrogens is 6. The molecule has 1 amide bonds. The molecule has 23 heavy (non-hydrogen) atoms. The van der Waals surface area contributed by atoms with Crippen LogP contribution in [0.3, 0.4) is 0 Å². The van der Waals surface area contributed by atoms with Crippen LogP contribution < -0.4 is 5.32 Å². The van der Waals surface area contributed by atoms with E-state index in [1.807, 2.05) is 30.9 Å². The molecule has 3 rings (SSSR count). The topological polar surface area (TPSA) is 90.5 Å². The van der Waals surface area contributed by atoms with Crippen molar-refractivity contribution in [2.45, 2.75) is 11.6 Å². The van der Waals surface area contributed by atoms with Crippen LogP contribution in [0.1, 0.15) is 11.5 Å². The lowest BCUT2D eigenvalue weighted by atomic mass is 10.3. The van der Waals surface area contributed by atoms with Crippen LogP contribution in [0.2, 0.25) is 0 Å². The predicted molar refractivity (Wildman–Crippen MR) is 88.5 cm³/mol. The third kappa shape index (κ3) is 3.77. The summed E-state index contributed by atoms with van der Waals surface area (Å²) in [7, 11) is 3.91. The van der Waals surface area contributed by atoms with Gasteiger partial charge in [-0.3, -0.25) is 10.1 Å². The normalized spacial score (nSPS) is 10.9. The highest BCUT2D eigenvalue weighted by molar-refractivity contribution is 7.99. The standard InChI is InChI=1S/C13H15N7OS2/c1-19-5-3-4-9(19)6-10-16-18-13(20(10)2)22-7-11(21)15-12-17-14-8-23-12/h3-5,8H,6-7H2,1-2H3,(H,15,17,21). The molecule has 3 aromatic rings. The zero-order valence-corrected chi connectivity index (χ0v) is 14.3. The van der Waals surface area contributed by atoms with E-state index in [0.717, 1.165) is 11.5 Å². The van der Waals surface area contributed by atoms with Crippen molar-refractivity contribution >= 4 is 34.1 Å². The number of anilines is 1. The molecule has 3 aromatic heterocycles. The third-order valence-electron chi connectivity index (χ3n) is 3.25. The summed E-state index contributed by atoms with van der Waals surface area (Å²) in [5, 5.41) is 19.7. The Bertz CT molecular complexity index is 793. The van der Waals surface area contributed by atoms with Crippen molar-refractivity contribution in [1.82, 2.24) is 29.5 Å². The van der Waals surface area contributed by atoms with Crippen molar-refractivity contribution in [3.63, 3.8) is 0 Å². The number of thioether (sulfide) groups is 1. The van der Waals surface area contributed by atoms with Crippen LogP contribution in [0.15, 0.2) is 29.0 Å². The molecular weight excluding hydrogens is 334 g/mol. The van der Waals surface area contributed by atoms with E-state index in [2.05, 4.69) is 36.3 Å². The van der Waals surface area contributed by atoms with E-state index < -0.39 is 0 Å². The number of hydrogen-bond donors (Lipinski definition) is 1. The number of rotatable bonds is 6. The Kier molecular flexibility index (Phi) is 4.72. The molecule has 0 radical (unpaired) electrons. The average Bonchev–Trinajstić information content (AvgIpc) is 3.24. The van der Waals surface area contributed by atoms with E-state index in [9.17, 15) is 4.79 Å². The highest BCUT2D eigenvalue weighted by atomic mass is 32.2. The van der Waals surface area contributed by atoms with Crippen LogP contribution in [0.25, 0.3) is 0 Å². The molecule has 0 aliphatic rings. The van der Waals surface area contributed by atoms with Crippen LogP contribution in [0.5, 0.6) is 0 Å². The molecule has 0 atom stereocenters. The fourth-order valence-electron chi connectivity index (χ4n) is 1.98. The molecule has 0 spiro atoms. The van der Waals surface area contributed by atoms with Crippen LogP contribution >= 0.6 is 23.1 Å². The fourth-order valence-corrected chi connectivity index (χ4v) is 3.17. The lowest BCUT2D eigenvalue weighted by Gasteiger charge is -2.05. The number of aryl methyl sites for hydroxylation is 1. The summed E-state index contributed by atoms with van der Waals surface area (Å²) >= 11 is 2.63. The second-order valence-electron chi connectivity index (χ2n) is 4.83. The Morgan fingerprint density at radius 2 is 2.22 bits per heavy atom. The zero-order chi connectivity index (χ0) is 16.2. The zero-order valence-electron chi connectivity index (χ0n) is 12.6. The van der Waals surface area contributed by atoms with Gasteiger partial charge in [-0.05, 0) is 12.1 Å². The first kappa shape index (κ1) is 15.7. The minimum absolute atomic E-state index is 0.140. The molecule has 0 aliphatic heterocycles. The molecule has 0 saturated heterocycles. The van der Waals surface area contributed by atoms with Gasteiger partial charge in [-0.2, -0.15) is 0 Å². The molecular formula is C13H15N7OS2. The maximum atomic E-state index is 11.8. The van der Waals surface area contributed by atoms with E-state index in [0.29, 0.717) is 16.7 Å². The number of nitrogens with zero attached hydrogens (tertiary/aromatic N) is 6. The van der Waals surface area contributed by atoms with E-state index in [1.165, 1.54) is 23.1 Å². The van der Waals surface area contributed by atoms with Crippen LogP contribution in [-0.4, -0.2) is 41.2 Å². The minimum atomic E-state index is -0.140. The van der Waals surface area contributed by atoms with E-state index in [4.69, 9.17) is 0 Å². The Labute approximate surface area is 140 Å². The summed E-state index contributed by atoms with van der Waals surface area (Å²) in [5.41, 5.74) is 2.73. The van der Waals surface area contributed by atoms with Gasteiger partial charge in [0.2, 0.25) is 11.0 Å². The molecule has 0 fully saturated rings. The maximum Gasteiger partial charge on any atom is 0.236 e. The van der Waals surface area contributed by atoms with Gasteiger partial charge >= 0.3 is 0 Å². The number of hydrogen-bond acceptors (Lipinski definition) is 7. The highest BCUT2D eigenvalue weighted by Gasteiger charge is 2.13. The smallest absolute Gasteiger partial charge is 0.236 e. The molecule has 1 N–H and O–H groups in total. The van der Waals surface area contributed by atoms with E-state index >= 15 is 0 Å². The molecule has 10 heteroatoms. The molecule has 8 nitrogen and oxygen atoms in total. The number of carbonyl (C=O) groups is 1. The first-order valence-electron chi connectivity index (χ1n) is 6.81. The monoisotopic (exact) mass is 349 g/mol. The van der Waals surface area contributed by atoms with Gasteiger partial charge in [0.15, 0.2) is 5.16 Å². The number of amides is 1. The average molecular weight is 349 g/mol. The molecule has 0 saturated carbocycles. The molecule has 3 heterocycles. The first-order valence-corrected chi connectivity index (χ1v) is 8.67. The first-order chi connectivity index (χ1) is 11.1.